The van der Waals surface area contributed by atoms with Crippen LogP contribution in [0.1, 0.15) is 15.9 Å². The number of carbonyl (C=O) groups excluding carboxylic acids is 1. The number of carboxylic acids is 1. The van der Waals surface area contributed by atoms with Crippen molar-refractivity contribution in [1.29, 1.82) is 0 Å². The van der Waals surface area contributed by atoms with E-state index >= 15 is 0 Å². The van der Waals surface area contributed by atoms with Gasteiger partial charge in [0.05, 0.1) is 23.3 Å². The Morgan fingerprint density at radius 2 is 1.75 bits per heavy atom. The largest absolute Gasteiger partial charge is 0.497 e. The average molecular weight is 445 g/mol. The Labute approximate surface area is 189 Å². The Morgan fingerprint density at radius 3 is 2.41 bits per heavy atom. The van der Waals surface area contributed by atoms with Crippen LogP contribution in [-0.4, -0.2) is 41.2 Å². The lowest BCUT2D eigenvalue weighted by Gasteiger charge is -2.07. The molecule has 160 valence electrons. The van der Waals surface area contributed by atoms with E-state index in [1.165, 1.54) is 16.7 Å². The molecule has 7 heteroatoms. The van der Waals surface area contributed by atoms with Crippen LogP contribution in [0, 0.1) is 0 Å². The van der Waals surface area contributed by atoms with Crippen molar-refractivity contribution in [1.82, 2.24) is 4.90 Å². The number of carboxylic acid groups (broad SMARTS) is 1. The fourth-order valence-electron chi connectivity index (χ4n) is 3.18. The standard InChI is InChI=1S/C25H20N2O4S/c1-27-23(28)22(32-25(27)26-20-10-12-21(31-2)13-11-20)15-16-4-3-5-19(14-16)17-6-8-18(9-7-17)24(29)30/h3-15H,1-2H3,(H,29,30). The lowest BCUT2D eigenvalue weighted by Crippen LogP contribution is -2.23. The lowest BCUT2D eigenvalue weighted by atomic mass is 10.0. The number of nitrogens with zero attached hydrogens (tertiary/aromatic N) is 2. The van der Waals surface area contributed by atoms with E-state index < -0.39 is 5.97 Å². The SMILES string of the molecule is COc1ccc(N=C2SC(=Cc3cccc(-c4ccc(C(=O)O)cc4)c3)C(=O)N2C)cc1. The molecule has 0 atom stereocenters. The summed E-state index contributed by atoms with van der Waals surface area (Å²) in [5.41, 5.74) is 3.69. The number of benzene rings is 3. The summed E-state index contributed by atoms with van der Waals surface area (Å²) in [6, 6.07) is 21.8. The molecule has 0 bridgehead atoms. The van der Waals surface area contributed by atoms with Crippen molar-refractivity contribution < 1.29 is 19.4 Å². The van der Waals surface area contributed by atoms with Gasteiger partial charge >= 0.3 is 5.97 Å². The second-order valence-electron chi connectivity index (χ2n) is 7.08. The monoisotopic (exact) mass is 444 g/mol. The summed E-state index contributed by atoms with van der Waals surface area (Å²) in [4.78, 5) is 30.5. The van der Waals surface area contributed by atoms with Gasteiger partial charge in [-0.2, -0.15) is 0 Å². The van der Waals surface area contributed by atoms with Crippen LogP contribution >= 0.6 is 11.8 Å². The second-order valence-corrected chi connectivity index (χ2v) is 8.08. The number of ether oxygens (including phenoxy) is 1. The molecule has 4 rings (SSSR count). The zero-order valence-electron chi connectivity index (χ0n) is 17.5. The van der Waals surface area contributed by atoms with Crippen LogP contribution in [0.5, 0.6) is 5.75 Å². The normalized spacial score (nSPS) is 16.1. The van der Waals surface area contributed by atoms with Crippen LogP contribution in [0.4, 0.5) is 5.69 Å². The summed E-state index contributed by atoms with van der Waals surface area (Å²) in [6.45, 7) is 0. The van der Waals surface area contributed by atoms with Crippen LogP contribution in [0.15, 0.2) is 82.7 Å². The maximum atomic E-state index is 12.7. The number of likely N-dealkylation sites (N-methyl/N-ethyl adjacent to an activating group) is 1. The quantitative estimate of drug-likeness (QED) is 0.541. The van der Waals surface area contributed by atoms with Crippen molar-refractivity contribution in [2.24, 2.45) is 4.99 Å². The Morgan fingerprint density at radius 1 is 1.03 bits per heavy atom. The van der Waals surface area contributed by atoms with Gasteiger partial charge in [0, 0.05) is 7.05 Å². The molecule has 1 saturated heterocycles. The van der Waals surface area contributed by atoms with E-state index in [2.05, 4.69) is 4.99 Å². The summed E-state index contributed by atoms with van der Waals surface area (Å²) in [5.74, 6) is -0.322. The number of amides is 1. The Balaban J connectivity index is 1.58. The molecule has 0 saturated carbocycles. The minimum absolute atomic E-state index is 0.113. The van der Waals surface area contributed by atoms with Gasteiger partial charge in [-0.15, -0.1) is 0 Å². The van der Waals surface area contributed by atoms with Crippen LogP contribution in [-0.2, 0) is 4.79 Å². The number of methoxy groups -OCH3 is 1. The predicted molar refractivity (Wildman–Crippen MR) is 127 cm³/mol. The van der Waals surface area contributed by atoms with Crippen LogP contribution in [0.2, 0.25) is 0 Å². The van der Waals surface area contributed by atoms with E-state index in [0.717, 1.165) is 28.1 Å². The van der Waals surface area contributed by atoms with Crippen molar-refractivity contribution in [2.45, 2.75) is 0 Å². The number of thioether (sulfide) groups is 1. The Kier molecular flexibility index (Phi) is 6.09. The third-order valence-corrected chi connectivity index (χ3v) is 6.01. The molecule has 1 fully saturated rings. The van der Waals surface area contributed by atoms with E-state index in [-0.39, 0.29) is 11.5 Å². The zero-order chi connectivity index (χ0) is 22.7. The van der Waals surface area contributed by atoms with Gasteiger partial charge in [0.2, 0.25) is 0 Å². The van der Waals surface area contributed by atoms with E-state index in [0.29, 0.717) is 10.1 Å². The molecule has 3 aromatic carbocycles. The molecule has 32 heavy (non-hydrogen) atoms. The molecule has 0 spiro atoms. The van der Waals surface area contributed by atoms with Crippen LogP contribution < -0.4 is 4.74 Å². The number of hydrogen-bond acceptors (Lipinski definition) is 5. The number of aromatic carboxylic acids is 1. The molecule has 0 radical (unpaired) electrons. The summed E-state index contributed by atoms with van der Waals surface area (Å²) in [5, 5.41) is 9.68. The number of aliphatic imine (C=N–C) groups is 1. The van der Waals surface area contributed by atoms with Crippen LogP contribution in [0.25, 0.3) is 17.2 Å². The van der Waals surface area contributed by atoms with E-state index in [1.54, 1.807) is 38.4 Å². The highest BCUT2D eigenvalue weighted by Crippen LogP contribution is 2.34. The van der Waals surface area contributed by atoms with Crippen molar-refractivity contribution in [3.8, 4) is 16.9 Å². The summed E-state index contributed by atoms with van der Waals surface area (Å²) >= 11 is 1.32. The predicted octanol–water partition coefficient (Wildman–Crippen LogP) is 5.29. The first-order chi connectivity index (χ1) is 15.4. The minimum Gasteiger partial charge on any atom is -0.497 e. The van der Waals surface area contributed by atoms with Gasteiger partial charge in [0.25, 0.3) is 5.91 Å². The second kappa shape index (κ2) is 9.11. The van der Waals surface area contributed by atoms with Gasteiger partial charge in [0.1, 0.15) is 5.75 Å². The van der Waals surface area contributed by atoms with E-state index in [9.17, 15) is 9.59 Å². The highest BCUT2D eigenvalue weighted by molar-refractivity contribution is 8.18. The highest BCUT2D eigenvalue weighted by atomic mass is 32.2. The van der Waals surface area contributed by atoms with Crippen LogP contribution in [0.3, 0.4) is 0 Å². The number of hydrogen-bond donors (Lipinski definition) is 1. The van der Waals surface area contributed by atoms with Gasteiger partial charge in [-0.25, -0.2) is 9.79 Å². The first-order valence-electron chi connectivity index (χ1n) is 9.79. The van der Waals surface area contributed by atoms with E-state index in [4.69, 9.17) is 9.84 Å². The summed E-state index contributed by atoms with van der Waals surface area (Å²) in [7, 11) is 3.32. The Bertz CT molecular complexity index is 1230. The number of amidine groups is 1. The molecule has 1 aliphatic heterocycles. The number of rotatable bonds is 5. The van der Waals surface area contributed by atoms with Crippen molar-refractivity contribution in [3.63, 3.8) is 0 Å². The third kappa shape index (κ3) is 4.58. The lowest BCUT2D eigenvalue weighted by molar-refractivity contribution is -0.121. The highest BCUT2D eigenvalue weighted by Gasteiger charge is 2.30. The minimum atomic E-state index is -0.956. The van der Waals surface area contributed by atoms with Crippen molar-refractivity contribution in [3.05, 3.63) is 88.8 Å². The smallest absolute Gasteiger partial charge is 0.335 e. The molecular weight excluding hydrogens is 424 g/mol. The Hall–Kier alpha value is -3.84. The van der Waals surface area contributed by atoms with Gasteiger partial charge in [-0.1, -0.05) is 30.3 Å². The molecule has 1 N–H and O–H groups in total. The van der Waals surface area contributed by atoms with Gasteiger partial charge in [-0.05, 0) is 77.0 Å². The first kappa shape index (κ1) is 21.4. The maximum Gasteiger partial charge on any atom is 0.335 e. The molecule has 1 heterocycles. The molecule has 0 unspecified atom stereocenters. The fraction of sp³-hybridized carbons (Fsp3) is 0.0800. The topological polar surface area (TPSA) is 79.2 Å². The third-order valence-electron chi connectivity index (χ3n) is 4.95. The maximum absolute atomic E-state index is 12.7. The summed E-state index contributed by atoms with van der Waals surface area (Å²) in [6.07, 6.45) is 1.84. The van der Waals surface area contributed by atoms with Gasteiger partial charge in [0.15, 0.2) is 5.17 Å². The van der Waals surface area contributed by atoms with Gasteiger partial charge in [-0.3, -0.25) is 9.69 Å². The van der Waals surface area contributed by atoms with Gasteiger partial charge < -0.3 is 9.84 Å². The molecule has 1 amide bonds. The first-order valence-corrected chi connectivity index (χ1v) is 10.6. The molecule has 6 nitrogen and oxygen atoms in total. The number of carbonyl (C=O) groups is 2. The molecular formula is C25H20N2O4S. The molecule has 3 aromatic rings. The van der Waals surface area contributed by atoms with Crippen molar-refractivity contribution in [2.75, 3.05) is 14.2 Å². The molecule has 1 aliphatic rings. The van der Waals surface area contributed by atoms with E-state index in [1.807, 2.05) is 54.6 Å². The zero-order valence-corrected chi connectivity index (χ0v) is 18.3. The molecule has 0 aliphatic carbocycles. The van der Waals surface area contributed by atoms with Crippen molar-refractivity contribution >= 4 is 40.6 Å². The average Bonchev–Trinajstić information content (AvgIpc) is 3.07. The summed E-state index contributed by atoms with van der Waals surface area (Å²) < 4.78 is 5.17. The molecule has 0 aromatic heterocycles. The fourth-order valence-corrected chi connectivity index (χ4v) is 4.17.